The molecule has 0 aromatic heterocycles. The van der Waals surface area contributed by atoms with E-state index >= 15 is 0 Å². The number of rotatable bonds is 8. The Bertz CT molecular complexity index is 1030. The van der Waals surface area contributed by atoms with E-state index in [0.717, 1.165) is 34.3 Å². The molecule has 3 rings (SSSR count). The van der Waals surface area contributed by atoms with Crippen molar-refractivity contribution < 1.29 is 19.1 Å². The van der Waals surface area contributed by atoms with Crippen LogP contribution in [0.1, 0.15) is 48.7 Å². The quantitative estimate of drug-likeness (QED) is 0.333. The molecule has 0 fully saturated rings. The fourth-order valence-corrected chi connectivity index (χ4v) is 3.25. The molecule has 0 unspecified atom stereocenters. The fraction of sp³-hybridized carbons (Fsp3) is 0.259. The van der Waals surface area contributed by atoms with Crippen LogP contribution in [-0.2, 0) is 22.6 Å². The molecule has 0 heterocycles. The summed E-state index contributed by atoms with van der Waals surface area (Å²) >= 11 is 0. The zero-order valence-corrected chi connectivity index (χ0v) is 18.3. The van der Waals surface area contributed by atoms with Gasteiger partial charge >= 0.3 is 5.97 Å². The van der Waals surface area contributed by atoms with Crippen LogP contribution in [0.4, 0.5) is 0 Å². The van der Waals surface area contributed by atoms with E-state index in [-0.39, 0.29) is 5.97 Å². The molecule has 0 N–H and O–H groups in total. The van der Waals surface area contributed by atoms with Crippen molar-refractivity contribution in [2.45, 2.75) is 45.8 Å². The molecule has 160 valence electrons. The highest BCUT2D eigenvalue weighted by molar-refractivity contribution is 5.87. The third-order valence-electron chi connectivity index (χ3n) is 4.69. The van der Waals surface area contributed by atoms with Crippen LogP contribution in [0.3, 0.4) is 0 Å². The molecule has 0 bridgehead atoms. The lowest BCUT2D eigenvalue weighted by atomic mass is 9.99. The third-order valence-corrected chi connectivity index (χ3v) is 4.69. The van der Waals surface area contributed by atoms with Crippen molar-refractivity contribution >= 4 is 12.3 Å². The molecule has 3 aromatic rings. The summed E-state index contributed by atoms with van der Waals surface area (Å²) in [6.45, 7) is 6.03. The highest BCUT2D eigenvalue weighted by atomic mass is 16.6. The van der Waals surface area contributed by atoms with Crippen molar-refractivity contribution in [2.24, 2.45) is 0 Å². The smallest absolute Gasteiger partial charge is 0.306 e. The van der Waals surface area contributed by atoms with Gasteiger partial charge in [-0.05, 0) is 67.6 Å². The molecule has 0 spiro atoms. The average Bonchev–Trinajstić information content (AvgIpc) is 2.76. The van der Waals surface area contributed by atoms with Gasteiger partial charge in [-0.15, -0.1) is 0 Å². The summed E-state index contributed by atoms with van der Waals surface area (Å²) in [6.07, 6.45) is 1.86. The Hall–Kier alpha value is -3.40. The number of aldehydes is 1. The molecule has 31 heavy (non-hydrogen) atoms. The minimum atomic E-state index is -0.457. The summed E-state index contributed by atoms with van der Waals surface area (Å²) in [5, 5.41) is 0. The summed E-state index contributed by atoms with van der Waals surface area (Å²) in [5.74, 6) is 0.573. The van der Waals surface area contributed by atoms with Crippen molar-refractivity contribution in [3.05, 3.63) is 89.5 Å². The zero-order valence-electron chi connectivity index (χ0n) is 18.3. The Morgan fingerprint density at radius 1 is 0.903 bits per heavy atom. The molecular weight excluding hydrogens is 388 g/mol. The summed E-state index contributed by atoms with van der Waals surface area (Å²) in [4.78, 5) is 23.2. The predicted molar refractivity (Wildman–Crippen MR) is 122 cm³/mol. The van der Waals surface area contributed by atoms with Crippen LogP contribution < -0.4 is 4.74 Å². The first-order valence-electron chi connectivity index (χ1n) is 10.4. The maximum absolute atomic E-state index is 11.9. The number of ether oxygens (including phenoxy) is 2. The fourth-order valence-electron chi connectivity index (χ4n) is 3.25. The topological polar surface area (TPSA) is 52.6 Å². The van der Waals surface area contributed by atoms with Gasteiger partial charge < -0.3 is 9.47 Å². The summed E-state index contributed by atoms with van der Waals surface area (Å²) in [6, 6.07) is 23.3. The van der Waals surface area contributed by atoms with E-state index in [1.165, 1.54) is 0 Å². The van der Waals surface area contributed by atoms with Crippen molar-refractivity contribution in [3.8, 4) is 16.9 Å². The summed E-state index contributed by atoms with van der Waals surface area (Å²) < 4.78 is 11.3. The van der Waals surface area contributed by atoms with Gasteiger partial charge in [-0.3, -0.25) is 9.59 Å². The first-order chi connectivity index (χ1) is 14.8. The SMILES string of the molecule is CC(C)(C)OC(=O)CCc1ccc(OCc2cccc(-c3ccccc3C=O)c2)cc1. The minimum absolute atomic E-state index is 0.191. The second-order valence-electron chi connectivity index (χ2n) is 8.42. The number of hydrogen-bond acceptors (Lipinski definition) is 4. The van der Waals surface area contributed by atoms with E-state index in [0.29, 0.717) is 25.0 Å². The molecule has 0 radical (unpaired) electrons. The molecule has 0 atom stereocenters. The molecular formula is C27H28O4. The number of esters is 1. The van der Waals surface area contributed by atoms with E-state index < -0.39 is 5.60 Å². The molecule has 0 aliphatic rings. The standard InChI is InChI=1S/C27H28O4/c1-27(2,3)31-26(29)16-13-20-11-14-24(15-12-20)30-19-21-7-6-9-22(17-21)25-10-5-4-8-23(25)18-28/h4-12,14-15,17-18H,13,16,19H2,1-3H3. The molecule has 0 saturated carbocycles. The minimum Gasteiger partial charge on any atom is -0.489 e. The number of carbonyl (C=O) groups excluding carboxylic acids is 2. The summed E-state index contributed by atoms with van der Waals surface area (Å²) in [5.41, 5.74) is 4.19. The van der Waals surface area contributed by atoms with Crippen LogP contribution in [0.2, 0.25) is 0 Å². The van der Waals surface area contributed by atoms with Gasteiger partial charge in [0, 0.05) is 12.0 Å². The highest BCUT2D eigenvalue weighted by Crippen LogP contribution is 2.24. The number of hydrogen-bond donors (Lipinski definition) is 0. The zero-order chi connectivity index (χ0) is 22.3. The number of aryl methyl sites for hydroxylation is 1. The van der Waals surface area contributed by atoms with Crippen LogP contribution in [-0.4, -0.2) is 17.9 Å². The lowest BCUT2D eigenvalue weighted by Gasteiger charge is -2.19. The van der Waals surface area contributed by atoms with Crippen molar-refractivity contribution in [2.75, 3.05) is 0 Å². The average molecular weight is 417 g/mol. The van der Waals surface area contributed by atoms with Gasteiger partial charge in [-0.2, -0.15) is 0 Å². The van der Waals surface area contributed by atoms with Crippen molar-refractivity contribution in [1.82, 2.24) is 0 Å². The first kappa shape index (κ1) is 22.3. The van der Waals surface area contributed by atoms with Crippen LogP contribution >= 0.6 is 0 Å². The van der Waals surface area contributed by atoms with E-state index in [1.807, 2.05) is 93.6 Å². The highest BCUT2D eigenvalue weighted by Gasteiger charge is 2.15. The van der Waals surface area contributed by atoms with Gasteiger partial charge in [0.15, 0.2) is 6.29 Å². The van der Waals surface area contributed by atoms with E-state index in [1.54, 1.807) is 0 Å². The maximum atomic E-state index is 11.9. The Labute approximate surface area is 183 Å². The van der Waals surface area contributed by atoms with Crippen LogP contribution in [0, 0.1) is 0 Å². The monoisotopic (exact) mass is 416 g/mol. The van der Waals surface area contributed by atoms with Gasteiger partial charge in [0.25, 0.3) is 0 Å². The van der Waals surface area contributed by atoms with E-state index in [4.69, 9.17) is 9.47 Å². The number of benzene rings is 3. The molecule has 3 aromatic carbocycles. The second-order valence-corrected chi connectivity index (χ2v) is 8.42. The van der Waals surface area contributed by atoms with E-state index in [2.05, 4.69) is 0 Å². The molecule has 4 heteroatoms. The van der Waals surface area contributed by atoms with Gasteiger partial charge in [0.1, 0.15) is 18.0 Å². The van der Waals surface area contributed by atoms with Gasteiger partial charge in [-0.25, -0.2) is 0 Å². The Balaban J connectivity index is 1.57. The predicted octanol–water partition coefficient (Wildman–Crippen LogP) is 6.02. The third kappa shape index (κ3) is 6.82. The molecule has 0 saturated heterocycles. The van der Waals surface area contributed by atoms with Crippen LogP contribution in [0.5, 0.6) is 5.75 Å². The lowest BCUT2D eigenvalue weighted by Crippen LogP contribution is -2.23. The van der Waals surface area contributed by atoms with Crippen molar-refractivity contribution in [3.63, 3.8) is 0 Å². The van der Waals surface area contributed by atoms with Gasteiger partial charge in [-0.1, -0.05) is 54.6 Å². The second kappa shape index (κ2) is 10.1. The Kier molecular flexibility index (Phi) is 7.24. The maximum Gasteiger partial charge on any atom is 0.306 e. The Morgan fingerprint density at radius 2 is 1.65 bits per heavy atom. The van der Waals surface area contributed by atoms with Crippen molar-refractivity contribution in [1.29, 1.82) is 0 Å². The number of carbonyl (C=O) groups is 2. The van der Waals surface area contributed by atoms with Crippen LogP contribution in [0.15, 0.2) is 72.8 Å². The van der Waals surface area contributed by atoms with Crippen LogP contribution in [0.25, 0.3) is 11.1 Å². The van der Waals surface area contributed by atoms with E-state index in [9.17, 15) is 9.59 Å². The Morgan fingerprint density at radius 3 is 2.35 bits per heavy atom. The van der Waals surface area contributed by atoms with Gasteiger partial charge in [0.2, 0.25) is 0 Å². The first-order valence-corrected chi connectivity index (χ1v) is 10.4. The molecule has 0 aliphatic heterocycles. The molecule has 0 amide bonds. The molecule has 0 aliphatic carbocycles. The summed E-state index contributed by atoms with van der Waals surface area (Å²) in [7, 11) is 0. The molecule has 4 nitrogen and oxygen atoms in total. The largest absolute Gasteiger partial charge is 0.489 e. The normalized spacial score (nSPS) is 11.1. The van der Waals surface area contributed by atoms with Gasteiger partial charge in [0.05, 0.1) is 0 Å². The lowest BCUT2D eigenvalue weighted by molar-refractivity contribution is -0.154.